The number of nitrogens with one attached hydrogen (secondary N) is 1. The molecule has 4 heteroatoms. The van der Waals surface area contributed by atoms with Crippen LogP contribution in [0.25, 0.3) is 0 Å². The zero-order chi connectivity index (χ0) is 17.5. The molecule has 0 aromatic heterocycles. The Bertz CT molecular complexity index is 524. The fraction of sp³-hybridized carbons (Fsp3) is 0.650. The van der Waals surface area contributed by atoms with Gasteiger partial charge >= 0.3 is 0 Å². The Balaban J connectivity index is 2.02. The van der Waals surface area contributed by atoms with E-state index in [4.69, 9.17) is 10.5 Å². The molecule has 0 saturated heterocycles. The van der Waals surface area contributed by atoms with E-state index < -0.39 is 6.10 Å². The topological polar surface area (TPSA) is 64.3 Å². The van der Waals surface area contributed by atoms with Gasteiger partial charge < -0.3 is 15.8 Å². The normalized spacial score (nSPS) is 18.4. The summed E-state index contributed by atoms with van der Waals surface area (Å²) in [6.07, 6.45) is 6.56. The van der Waals surface area contributed by atoms with Crippen molar-refractivity contribution in [1.82, 2.24) is 0 Å². The van der Waals surface area contributed by atoms with Crippen LogP contribution in [-0.2, 0) is 9.53 Å². The Morgan fingerprint density at radius 3 is 2.54 bits per heavy atom. The van der Waals surface area contributed by atoms with E-state index in [1.54, 1.807) is 0 Å². The van der Waals surface area contributed by atoms with Gasteiger partial charge in [-0.15, -0.1) is 0 Å². The molecule has 3 N–H and O–H groups in total. The summed E-state index contributed by atoms with van der Waals surface area (Å²) in [5.41, 5.74) is 8.26. The molecule has 0 bridgehead atoms. The van der Waals surface area contributed by atoms with Crippen LogP contribution < -0.4 is 11.1 Å². The Kier molecular flexibility index (Phi) is 7.25. The van der Waals surface area contributed by atoms with E-state index in [0.29, 0.717) is 5.92 Å². The first-order chi connectivity index (χ1) is 11.5. The summed E-state index contributed by atoms with van der Waals surface area (Å²) < 4.78 is 5.89. The fourth-order valence-corrected chi connectivity index (χ4v) is 3.50. The second kappa shape index (κ2) is 9.19. The molecule has 1 aliphatic rings. The Hall–Kier alpha value is -1.39. The number of rotatable bonds is 7. The van der Waals surface area contributed by atoms with Gasteiger partial charge in [-0.25, -0.2) is 0 Å². The molecule has 2 rings (SSSR count). The number of hydrogen-bond donors (Lipinski definition) is 2. The molecule has 1 unspecified atom stereocenters. The maximum absolute atomic E-state index is 12.8. The molecule has 134 valence electrons. The Morgan fingerprint density at radius 1 is 1.25 bits per heavy atom. The van der Waals surface area contributed by atoms with Gasteiger partial charge in [0, 0.05) is 11.7 Å². The van der Waals surface area contributed by atoms with Crippen molar-refractivity contribution in [1.29, 1.82) is 0 Å². The number of aryl methyl sites for hydroxylation is 1. The lowest BCUT2D eigenvalue weighted by Gasteiger charge is -2.30. The van der Waals surface area contributed by atoms with Gasteiger partial charge in [-0.3, -0.25) is 4.79 Å². The van der Waals surface area contributed by atoms with E-state index in [9.17, 15) is 4.79 Å². The van der Waals surface area contributed by atoms with Crippen molar-refractivity contribution in [3.05, 3.63) is 29.8 Å². The second-order valence-corrected chi connectivity index (χ2v) is 7.31. The molecule has 1 fully saturated rings. The number of para-hydroxylation sites is 1. The lowest BCUT2D eigenvalue weighted by atomic mass is 9.84. The van der Waals surface area contributed by atoms with Gasteiger partial charge in [0.05, 0.1) is 6.10 Å². The molecule has 4 nitrogen and oxygen atoms in total. The fourth-order valence-electron chi connectivity index (χ4n) is 3.50. The third-order valence-corrected chi connectivity index (χ3v) is 4.80. The van der Waals surface area contributed by atoms with E-state index in [2.05, 4.69) is 5.32 Å². The number of nitrogens with two attached hydrogens (primary N) is 1. The molecular weight excluding hydrogens is 300 g/mol. The molecule has 0 spiro atoms. The third kappa shape index (κ3) is 5.60. The minimum atomic E-state index is -0.605. The van der Waals surface area contributed by atoms with Gasteiger partial charge in [0.1, 0.15) is 0 Å². The Labute approximate surface area is 146 Å². The zero-order valence-electron chi connectivity index (χ0n) is 15.3. The highest BCUT2D eigenvalue weighted by atomic mass is 16.5. The van der Waals surface area contributed by atoms with Crippen LogP contribution in [0, 0.1) is 12.8 Å². The van der Waals surface area contributed by atoms with E-state index in [-0.39, 0.29) is 18.1 Å². The average molecular weight is 332 g/mol. The quantitative estimate of drug-likeness (QED) is 0.792. The average Bonchev–Trinajstić information content (AvgIpc) is 2.55. The molecule has 1 aromatic rings. The first-order valence-electron chi connectivity index (χ1n) is 9.25. The smallest absolute Gasteiger partial charge is 0.255 e. The predicted octanol–water partition coefficient (Wildman–Crippen LogP) is 4.02. The second-order valence-electron chi connectivity index (χ2n) is 7.31. The lowest BCUT2D eigenvalue weighted by Crippen LogP contribution is -2.47. The van der Waals surface area contributed by atoms with Gasteiger partial charge in [0.25, 0.3) is 5.91 Å². The van der Waals surface area contributed by atoms with E-state index >= 15 is 0 Å². The SMILES string of the molecule is Cc1ccccc1NC(=O)C(OC(C)C)[C@H](N)CC1CCCCC1. The summed E-state index contributed by atoms with van der Waals surface area (Å²) in [4.78, 5) is 12.8. The van der Waals surface area contributed by atoms with Crippen LogP contribution in [0.5, 0.6) is 0 Å². The van der Waals surface area contributed by atoms with Crippen LogP contribution in [-0.4, -0.2) is 24.2 Å². The van der Waals surface area contributed by atoms with Gasteiger partial charge in [-0.2, -0.15) is 0 Å². The third-order valence-electron chi connectivity index (χ3n) is 4.80. The van der Waals surface area contributed by atoms with Crippen molar-refractivity contribution >= 4 is 11.6 Å². The molecule has 0 radical (unpaired) electrons. The number of hydrogen-bond acceptors (Lipinski definition) is 3. The molecule has 2 atom stereocenters. The van der Waals surface area contributed by atoms with Crippen molar-refractivity contribution in [3.8, 4) is 0 Å². The van der Waals surface area contributed by atoms with Crippen LogP contribution in [0.15, 0.2) is 24.3 Å². The minimum absolute atomic E-state index is 0.0324. The van der Waals surface area contributed by atoms with Crippen molar-refractivity contribution in [3.63, 3.8) is 0 Å². The van der Waals surface area contributed by atoms with Gasteiger partial charge in [-0.05, 0) is 44.7 Å². The van der Waals surface area contributed by atoms with E-state index in [0.717, 1.165) is 17.7 Å². The van der Waals surface area contributed by atoms with E-state index in [1.165, 1.54) is 32.1 Å². The van der Waals surface area contributed by atoms with Crippen LogP contribution >= 0.6 is 0 Å². The van der Waals surface area contributed by atoms with Crippen molar-refractivity contribution in [2.24, 2.45) is 11.7 Å². The van der Waals surface area contributed by atoms with Gasteiger partial charge in [0.15, 0.2) is 6.10 Å². The van der Waals surface area contributed by atoms with Crippen LogP contribution in [0.1, 0.15) is 57.9 Å². The number of carbonyl (C=O) groups is 1. The number of ether oxygens (including phenoxy) is 1. The summed E-state index contributed by atoms with van der Waals surface area (Å²) >= 11 is 0. The number of anilines is 1. The maximum Gasteiger partial charge on any atom is 0.255 e. The van der Waals surface area contributed by atoms with Crippen molar-refractivity contribution in [2.45, 2.75) is 77.5 Å². The van der Waals surface area contributed by atoms with Gasteiger partial charge in [0.2, 0.25) is 0 Å². The molecule has 1 amide bonds. The van der Waals surface area contributed by atoms with E-state index in [1.807, 2.05) is 45.0 Å². The highest BCUT2D eigenvalue weighted by Crippen LogP contribution is 2.28. The molecule has 1 aromatic carbocycles. The largest absolute Gasteiger partial charge is 0.364 e. The predicted molar refractivity (Wildman–Crippen MR) is 99.0 cm³/mol. The number of carbonyl (C=O) groups excluding carboxylic acids is 1. The maximum atomic E-state index is 12.8. The van der Waals surface area contributed by atoms with Crippen molar-refractivity contribution < 1.29 is 9.53 Å². The number of amides is 1. The molecular formula is C20H32N2O2. The summed E-state index contributed by atoms with van der Waals surface area (Å²) in [6, 6.07) is 7.51. The van der Waals surface area contributed by atoms with Crippen LogP contribution in [0.3, 0.4) is 0 Å². The first-order valence-corrected chi connectivity index (χ1v) is 9.25. The molecule has 0 heterocycles. The summed E-state index contributed by atoms with van der Waals surface area (Å²) in [6.45, 7) is 5.87. The molecule has 24 heavy (non-hydrogen) atoms. The monoisotopic (exact) mass is 332 g/mol. The summed E-state index contributed by atoms with van der Waals surface area (Å²) in [5.74, 6) is 0.486. The molecule has 1 aliphatic carbocycles. The lowest BCUT2D eigenvalue weighted by molar-refractivity contribution is -0.132. The number of benzene rings is 1. The standard InChI is InChI=1S/C20H32N2O2/c1-14(2)24-19(17(21)13-16-10-5-4-6-11-16)20(23)22-18-12-8-7-9-15(18)3/h7-9,12,14,16-17,19H,4-6,10-11,13,21H2,1-3H3,(H,22,23)/t17-,19?/m1/s1. The minimum Gasteiger partial charge on any atom is -0.364 e. The van der Waals surface area contributed by atoms with Crippen molar-refractivity contribution in [2.75, 3.05) is 5.32 Å². The zero-order valence-corrected chi connectivity index (χ0v) is 15.3. The summed E-state index contributed by atoms with van der Waals surface area (Å²) in [7, 11) is 0. The van der Waals surface area contributed by atoms with Crippen LogP contribution in [0.2, 0.25) is 0 Å². The highest BCUT2D eigenvalue weighted by molar-refractivity contribution is 5.95. The first kappa shape index (κ1) is 18.9. The van der Waals surface area contributed by atoms with Crippen LogP contribution in [0.4, 0.5) is 5.69 Å². The molecule has 1 saturated carbocycles. The summed E-state index contributed by atoms with van der Waals surface area (Å²) in [5, 5.41) is 2.99. The Morgan fingerprint density at radius 2 is 1.92 bits per heavy atom. The molecule has 0 aliphatic heterocycles. The van der Waals surface area contributed by atoms with Gasteiger partial charge in [-0.1, -0.05) is 50.3 Å². The highest BCUT2D eigenvalue weighted by Gasteiger charge is 2.30.